The number of halogens is 1. The molecule has 2 fully saturated rings. The van der Waals surface area contributed by atoms with Crippen LogP contribution in [0.3, 0.4) is 0 Å². The third kappa shape index (κ3) is 6.43. The fourth-order valence-corrected chi connectivity index (χ4v) is 5.11. The summed E-state index contributed by atoms with van der Waals surface area (Å²) in [4.78, 5) is 35.4. The van der Waals surface area contributed by atoms with Crippen molar-refractivity contribution < 1.29 is 19.4 Å². The fourth-order valence-electron chi connectivity index (χ4n) is 5.11. The molecule has 3 heterocycles. The van der Waals surface area contributed by atoms with Crippen molar-refractivity contribution in [3.05, 3.63) is 54.2 Å². The molecular formula is C28H39ClN4O4. The Bertz CT molecular complexity index is 1030. The summed E-state index contributed by atoms with van der Waals surface area (Å²) in [5.74, 6) is 0.878. The van der Waals surface area contributed by atoms with E-state index in [1.165, 1.54) is 0 Å². The van der Waals surface area contributed by atoms with Crippen molar-refractivity contribution in [2.24, 2.45) is 5.92 Å². The van der Waals surface area contributed by atoms with Crippen LogP contribution in [0.4, 0.5) is 0 Å². The van der Waals surface area contributed by atoms with E-state index >= 15 is 0 Å². The number of carbonyl (C=O) groups excluding carboxylic acids is 2. The van der Waals surface area contributed by atoms with E-state index < -0.39 is 17.7 Å². The molecule has 1 aromatic carbocycles. The highest BCUT2D eigenvalue weighted by Gasteiger charge is 2.54. The molecule has 37 heavy (non-hydrogen) atoms. The Balaban J connectivity index is 0.00000380. The van der Waals surface area contributed by atoms with Crippen molar-refractivity contribution >= 4 is 24.2 Å². The quantitative estimate of drug-likeness (QED) is 0.512. The van der Waals surface area contributed by atoms with E-state index in [1.807, 2.05) is 62.5 Å². The first kappa shape index (κ1) is 28.9. The van der Waals surface area contributed by atoms with Crippen LogP contribution in [-0.2, 0) is 16.1 Å². The molecule has 0 bridgehead atoms. The van der Waals surface area contributed by atoms with Crippen LogP contribution in [0, 0.1) is 5.92 Å². The van der Waals surface area contributed by atoms with Crippen LogP contribution in [0.25, 0.3) is 0 Å². The number of nitrogens with zero attached hydrogens (tertiary/aromatic N) is 3. The van der Waals surface area contributed by atoms with Crippen LogP contribution in [0.2, 0.25) is 0 Å². The number of aliphatic hydroxyl groups is 1. The summed E-state index contributed by atoms with van der Waals surface area (Å²) in [5.41, 5.74) is 0.222. The van der Waals surface area contributed by atoms with Gasteiger partial charge in [-0.15, -0.1) is 12.4 Å². The van der Waals surface area contributed by atoms with E-state index in [-0.39, 0.29) is 30.1 Å². The van der Waals surface area contributed by atoms with Gasteiger partial charge in [0.25, 0.3) is 0 Å². The van der Waals surface area contributed by atoms with Gasteiger partial charge in [0.2, 0.25) is 17.7 Å². The smallest absolute Gasteiger partial charge is 0.248 e. The van der Waals surface area contributed by atoms with Crippen LogP contribution >= 0.6 is 12.4 Å². The molecule has 2 aromatic rings. The molecular weight excluding hydrogens is 492 g/mol. The predicted octanol–water partition coefficient (Wildman–Crippen LogP) is 3.77. The molecule has 0 saturated carbocycles. The minimum atomic E-state index is -0.899. The minimum Gasteiger partial charge on any atom is -0.439 e. The maximum atomic E-state index is 13.4. The summed E-state index contributed by atoms with van der Waals surface area (Å²) in [6, 6.07) is 12.6. The lowest BCUT2D eigenvalue weighted by molar-refractivity contribution is -0.165. The van der Waals surface area contributed by atoms with Gasteiger partial charge in [-0.3, -0.25) is 14.5 Å². The molecule has 2 aliphatic heterocycles. The first-order valence-corrected chi connectivity index (χ1v) is 13.0. The van der Waals surface area contributed by atoms with Gasteiger partial charge in [-0.05, 0) is 42.9 Å². The highest BCUT2D eigenvalue weighted by Crippen LogP contribution is 2.35. The average Bonchev–Trinajstić information content (AvgIpc) is 2.89. The number of carbonyl (C=O) groups is 2. The number of aromatic nitrogens is 1. The van der Waals surface area contributed by atoms with Gasteiger partial charge in [0.1, 0.15) is 17.3 Å². The number of amides is 2. The highest BCUT2D eigenvalue weighted by atomic mass is 35.5. The first-order valence-electron chi connectivity index (χ1n) is 13.0. The van der Waals surface area contributed by atoms with Crippen LogP contribution in [0.15, 0.2) is 48.7 Å². The molecule has 2 amide bonds. The number of para-hydroxylation sites is 1. The zero-order chi connectivity index (χ0) is 25.7. The lowest BCUT2D eigenvalue weighted by Crippen LogP contribution is -2.74. The largest absolute Gasteiger partial charge is 0.439 e. The number of rotatable bonds is 9. The number of hydrogen-bond donors (Lipinski definition) is 2. The standard InChI is InChI=1S/C28H38N4O4.ClH/c1-4-5-15-32-26(34)24(25(33)20(2)3)30-27(35)28(32)13-16-31(17-14-28)19-21-11-12-23(29-18-21)36-22-9-7-6-8-10-22;/h6-12,18,20,24-25,33H,4-5,13-17,19H2,1-3H3,(H,30,35);1H/t24-,25-;/m0./s1. The third-order valence-corrected chi connectivity index (χ3v) is 7.37. The zero-order valence-electron chi connectivity index (χ0n) is 21.9. The fraction of sp³-hybridized carbons (Fsp3) is 0.536. The summed E-state index contributed by atoms with van der Waals surface area (Å²) in [7, 11) is 0. The van der Waals surface area contributed by atoms with Crippen LogP contribution in [-0.4, -0.2) is 69.0 Å². The van der Waals surface area contributed by atoms with E-state index in [9.17, 15) is 14.7 Å². The van der Waals surface area contributed by atoms with Crippen LogP contribution in [0.1, 0.15) is 52.0 Å². The van der Waals surface area contributed by atoms with Gasteiger partial charge in [-0.25, -0.2) is 4.98 Å². The van der Waals surface area contributed by atoms with Gasteiger partial charge in [0.15, 0.2) is 0 Å². The molecule has 1 aromatic heterocycles. The van der Waals surface area contributed by atoms with Gasteiger partial charge < -0.3 is 20.1 Å². The average molecular weight is 531 g/mol. The number of hydrogen-bond acceptors (Lipinski definition) is 6. The maximum absolute atomic E-state index is 13.4. The summed E-state index contributed by atoms with van der Waals surface area (Å²) in [6.07, 6.45) is 3.83. The Morgan fingerprint density at radius 2 is 1.84 bits per heavy atom. The molecule has 2 aliphatic rings. The van der Waals surface area contributed by atoms with Crippen LogP contribution in [0.5, 0.6) is 11.6 Å². The number of piperazine rings is 1. The molecule has 2 N–H and O–H groups in total. The zero-order valence-corrected chi connectivity index (χ0v) is 22.7. The number of pyridine rings is 1. The molecule has 0 unspecified atom stereocenters. The summed E-state index contributed by atoms with van der Waals surface area (Å²) < 4.78 is 5.78. The van der Waals surface area contributed by atoms with Gasteiger partial charge in [0.05, 0.1) is 6.10 Å². The van der Waals surface area contributed by atoms with Crippen molar-refractivity contribution in [1.82, 2.24) is 20.1 Å². The normalized spacial score (nSPS) is 20.5. The van der Waals surface area contributed by atoms with Crippen molar-refractivity contribution in [1.29, 1.82) is 0 Å². The van der Waals surface area contributed by atoms with Crippen molar-refractivity contribution in [2.45, 2.75) is 70.7 Å². The number of piperidine rings is 1. The number of aliphatic hydroxyl groups excluding tert-OH is 1. The Morgan fingerprint density at radius 3 is 2.43 bits per heavy atom. The number of unbranched alkanes of at least 4 members (excludes halogenated alkanes) is 1. The Morgan fingerprint density at radius 1 is 1.14 bits per heavy atom. The lowest BCUT2D eigenvalue weighted by atomic mass is 9.80. The molecule has 2 atom stereocenters. The molecule has 0 aliphatic carbocycles. The van der Waals surface area contributed by atoms with Crippen LogP contribution < -0.4 is 10.1 Å². The molecule has 4 rings (SSSR count). The summed E-state index contributed by atoms with van der Waals surface area (Å²) >= 11 is 0. The second-order valence-corrected chi connectivity index (χ2v) is 10.3. The molecule has 202 valence electrons. The van der Waals surface area contributed by atoms with E-state index in [4.69, 9.17) is 4.74 Å². The number of benzene rings is 1. The second kappa shape index (κ2) is 12.7. The summed E-state index contributed by atoms with van der Waals surface area (Å²) in [5, 5.41) is 13.5. The van der Waals surface area contributed by atoms with E-state index in [2.05, 4.69) is 22.1 Å². The molecule has 2 saturated heterocycles. The van der Waals surface area contributed by atoms with E-state index in [0.29, 0.717) is 44.9 Å². The van der Waals surface area contributed by atoms with Gasteiger partial charge in [0, 0.05) is 38.4 Å². The van der Waals surface area contributed by atoms with Crippen molar-refractivity contribution in [3.63, 3.8) is 0 Å². The van der Waals surface area contributed by atoms with Gasteiger partial charge >= 0.3 is 0 Å². The molecule has 1 spiro atoms. The monoisotopic (exact) mass is 530 g/mol. The highest BCUT2D eigenvalue weighted by molar-refractivity contribution is 6.00. The number of nitrogens with one attached hydrogen (secondary N) is 1. The van der Waals surface area contributed by atoms with Crippen molar-refractivity contribution in [3.8, 4) is 11.6 Å². The molecule has 8 nitrogen and oxygen atoms in total. The predicted molar refractivity (Wildman–Crippen MR) is 145 cm³/mol. The second-order valence-electron chi connectivity index (χ2n) is 10.3. The third-order valence-electron chi connectivity index (χ3n) is 7.37. The molecule has 9 heteroatoms. The Hall–Kier alpha value is -2.68. The van der Waals surface area contributed by atoms with E-state index in [1.54, 1.807) is 4.90 Å². The topological polar surface area (TPSA) is 95.0 Å². The van der Waals surface area contributed by atoms with Gasteiger partial charge in [-0.1, -0.05) is 51.5 Å². The first-order chi connectivity index (χ1) is 17.3. The van der Waals surface area contributed by atoms with E-state index in [0.717, 1.165) is 24.2 Å². The SMILES string of the molecule is CCCCN1C(=O)[C@H]([C@@H](O)C(C)C)NC(=O)C12CCN(Cc1ccc(Oc3ccccc3)nc1)CC2.Cl. The molecule has 0 radical (unpaired) electrons. The van der Waals surface area contributed by atoms with Crippen molar-refractivity contribution in [2.75, 3.05) is 19.6 Å². The van der Waals surface area contributed by atoms with Gasteiger partial charge in [-0.2, -0.15) is 0 Å². The Labute approximate surface area is 225 Å². The summed E-state index contributed by atoms with van der Waals surface area (Å²) in [6.45, 7) is 8.45. The Kier molecular flexibility index (Phi) is 9.93. The number of likely N-dealkylation sites (tertiary alicyclic amines) is 1. The maximum Gasteiger partial charge on any atom is 0.248 e. The minimum absolute atomic E-state index is 0. The lowest BCUT2D eigenvalue weighted by Gasteiger charge is -2.52. The number of ether oxygens (including phenoxy) is 1.